The first-order valence-electron chi connectivity index (χ1n) is 9.18. The van der Waals surface area contributed by atoms with E-state index in [4.69, 9.17) is 9.47 Å². The molecule has 1 unspecified atom stereocenters. The molecule has 2 aromatic rings. The number of ether oxygens (including phenoxy) is 2. The fourth-order valence-electron chi connectivity index (χ4n) is 3.69. The minimum absolute atomic E-state index is 0.242. The van der Waals surface area contributed by atoms with Gasteiger partial charge in [-0.15, -0.1) is 0 Å². The number of hydrogen-bond acceptors (Lipinski definition) is 5. The summed E-state index contributed by atoms with van der Waals surface area (Å²) in [7, 11) is 1.64. The Hall–Kier alpha value is -2.53. The van der Waals surface area contributed by atoms with Crippen molar-refractivity contribution >= 4 is 11.7 Å². The Morgan fingerprint density at radius 2 is 2.08 bits per heavy atom. The predicted molar refractivity (Wildman–Crippen MR) is 101 cm³/mol. The van der Waals surface area contributed by atoms with Crippen LogP contribution in [0, 0.1) is 0 Å². The molecule has 0 aliphatic carbocycles. The zero-order valence-electron chi connectivity index (χ0n) is 15.0. The van der Waals surface area contributed by atoms with E-state index in [1.807, 2.05) is 30.3 Å². The molecule has 5 heteroatoms. The second-order valence-electron chi connectivity index (χ2n) is 6.81. The number of fused-ring (bicyclic) bond motifs is 1. The predicted octanol–water partition coefficient (Wildman–Crippen LogP) is 2.95. The summed E-state index contributed by atoms with van der Waals surface area (Å²) in [4.78, 5) is 15.0. The number of anilines is 1. The van der Waals surface area contributed by atoms with Gasteiger partial charge in [0.15, 0.2) is 0 Å². The van der Waals surface area contributed by atoms with Gasteiger partial charge in [0.1, 0.15) is 11.9 Å². The number of cyclic esters (lactones) is 1. The van der Waals surface area contributed by atoms with Crippen LogP contribution in [0.4, 0.5) is 5.69 Å². The van der Waals surface area contributed by atoms with Crippen molar-refractivity contribution in [2.45, 2.75) is 18.9 Å². The van der Waals surface area contributed by atoms with Crippen molar-refractivity contribution < 1.29 is 14.3 Å². The van der Waals surface area contributed by atoms with Gasteiger partial charge in [0.25, 0.3) is 0 Å². The molecule has 5 nitrogen and oxygen atoms in total. The Labute approximate surface area is 153 Å². The average Bonchev–Trinajstić information content (AvgIpc) is 2.97. The lowest BCUT2D eigenvalue weighted by Gasteiger charge is -2.28. The molecule has 2 aliphatic heterocycles. The third kappa shape index (κ3) is 3.40. The maximum absolute atomic E-state index is 12.6. The topological polar surface area (TPSA) is 50.8 Å². The third-order valence-corrected chi connectivity index (χ3v) is 5.14. The van der Waals surface area contributed by atoms with E-state index in [1.165, 1.54) is 0 Å². The van der Waals surface area contributed by atoms with Crippen LogP contribution in [-0.4, -0.2) is 39.3 Å². The molecule has 1 fully saturated rings. The first-order valence-corrected chi connectivity index (χ1v) is 9.18. The number of hydrogen-bond donors (Lipinski definition) is 1. The average molecular weight is 352 g/mol. The van der Waals surface area contributed by atoms with Gasteiger partial charge in [0.2, 0.25) is 0 Å². The van der Waals surface area contributed by atoms with Gasteiger partial charge in [-0.25, -0.2) is 4.79 Å². The van der Waals surface area contributed by atoms with Gasteiger partial charge in [-0.05, 0) is 48.4 Å². The number of carbonyl (C=O) groups excluding carboxylic acids is 1. The van der Waals surface area contributed by atoms with Gasteiger partial charge in [-0.3, -0.25) is 0 Å². The molecule has 1 N–H and O–H groups in total. The molecule has 0 aromatic heterocycles. The maximum atomic E-state index is 12.6. The minimum atomic E-state index is -0.265. The smallest absolute Gasteiger partial charge is 0.339 e. The summed E-state index contributed by atoms with van der Waals surface area (Å²) in [6.45, 7) is 3.98. The minimum Gasteiger partial charge on any atom is -0.497 e. The molecule has 0 amide bonds. The number of carbonyl (C=O) groups is 1. The molecule has 0 bridgehead atoms. The highest BCUT2D eigenvalue weighted by atomic mass is 16.5. The van der Waals surface area contributed by atoms with E-state index >= 15 is 0 Å². The zero-order valence-corrected chi connectivity index (χ0v) is 15.0. The number of methoxy groups -OCH3 is 1. The fraction of sp³-hybridized carbons (Fsp3) is 0.381. The van der Waals surface area contributed by atoms with Crippen LogP contribution in [0.3, 0.4) is 0 Å². The second-order valence-corrected chi connectivity index (χ2v) is 6.81. The Bertz CT molecular complexity index is 798. The van der Waals surface area contributed by atoms with Crippen LogP contribution < -0.4 is 15.0 Å². The van der Waals surface area contributed by atoms with Crippen LogP contribution in [0.15, 0.2) is 42.5 Å². The van der Waals surface area contributed by atoms with E-state index in [9.17, 15) is 4.79 Å². The standard InChI is InChI=1S/C21H24N2O3/c1-25-18-5-2-4-16(12-18)20-13-15-6-7-17(14-19(15)21(24)26-20)23-10-3-8-22-9-11-23/h2,4-7,12,14,20,22H,3,8-11,13H2,1H3. The number of nitrogens with one attached hydrogen (secondary N) is 1. The molecule has 2 aromatic carbocycles. The lowest BCUT2D eigenvalue weighted by Crippen LogP contribution is -2.28. The van der Waals surface area contributed by atoms with Crippen LogP contribution >= 0.6 is 0 Å². The molecular formula is C21H24N2O3. The molecule has 0 saturated carbocycles. The first-order chi connectivity index (χ1) is 12.7. The van der Waals surface area contributed by atoms with Crippen molar-refractivity contribution in [1.82, 2.24) is 5.32 Å². The van der Waals surface area contributed by atoms with Crippen LogP contribution in [0.2, 0.25) is 0 Å². The quantitative estimate of drug-likeness (QED) is 0.861. The Kier molecular flexibility index (Phi) is 4.80. The van der Waals surface area contributed by atoms with Crippen molar-refractivity contribution in [1.29, 1.82) is 0 Å². The number of benzene rings is 2. The number of rotatable bonds is 3. The van der Waals surface area contributed by atoms with Crippen LogP contribution in [-0.2, 0) is 11.2 Å². The second kappa shape index (κ2) is 7.38. The highest BCUT2D eigenvalue weighted by molar-refractivity contribution is 5.93. The lowest BCUT2D eigenvalue weighted by molar-refractivity contribution is 0.0252. The third-order valence-electron chi connectivity index (χ3n) is 5.14. The molecule has 136 valence electrons. The van der Waals surface area contributed by atoms with Gasteiger partial charge < -0.3 is 19.7 Å². The largest absolute Gasteiger partial charge is 0.497 e. The number of esters is 1. The van der Waals surface area contributed by atoms with Gasteiger partial charge in [-0.1, -0.05) is 18.2 Å². The Balaban J connectivity index is 1.58. The van der Waals surface area contributed by atoms with Gasteiger partial charge in [-0.2, -0.15) is 0 Å². The lowest BCUT2D eigenvalue weighted by atomic mass is 9.94. The SMILES string of the molecule is COc1cccc(C2Cc3ccc(N4CCCNCC4)cc3C(=O)O2)c1. The van der Waals surface area contributed by atoms with Crippen molar-refractivity contribution in [3.05, 3.63) is 59.2 Å². The summed E-state index contributed by atoms with van der Waals surface area (Å²) in [5.74, 6) is 0.531. The molecule has 4 rings (SSSR count). The summed E-state index contributed by atoms with van der Waals surface area (Å²) in [5.41, 5.74) is 3.81. The molecule has 0 spiro atoms. The molecule has 1 atom stereocenters. The first kappa shape index (κ1) is 16.9. The summed E-state index contributed by atoms with van der Waals surface area (Å²) in [6.07, 6.45) is 1.54. The molecule has 2 heterocycles. The van der Waals surface area contributed by atoms with E-state index in [2.05, 4.69) is 22.3 Å². The Morgan fingerprint density at radius 3 is 2.96 bits per heavy atom. The van der Waals surface area contributed by atoms with Gasteiger partial charge >= 0.3 is 5.97 Å². The van der Waals surface area contributed by atoms with Crippen molar-refractivity contribution in [3.8, 4) is 5.75 Å². The highest BCUT2D eigenvalue weighted by Gasteiger charge is 2.28. The summed E-state index contributed by atoms with van der Waals surface area (Å²) < 4.78 is 11.0. The summed E-state index contributed by atoms with van der Waals surface area (Å²) in [6, 6.07) is 13.9. The van der Waals surface area contributed by atoms with E-state index in [0.717, 1.165) is 55.2 Å². The molecule has 1 saturated heterocycles. The maximum Gasteiger partial charge on any atom is 0.339 e. The molecule has 0 radical (unpaired) electrons. The van der Waals surface area contributed by atoms with E-state index < -0.39 is 0 Å². The zero-order chi connectivity index (χ0) is 17.9. The molecule has 26 heavy (non-hydrogen) atoms. The van der Waals surface area contributed by atoms with Crippen LogP contribution in [0.5, 0.6) is 5.75 Å². The van der Waals surface area contributed by atoms with E-state index in [1.54, 1.807) is 7.11 Å². The normalized spacial score (nSPS) is 20.1. The molecule has 2 aliphatic rings. The fourth-order valence-corrected chi connectivity index (χ4v) is 3.69. The van der Waals surface area contributed by atoms with Crippen molar-refractivity contribution in [3.63, 3.8) is 0 Å². The Morgan fingerprint density at radius 1 is 1.15 bits per heavy atom. The van der Waals surface area contributed by atoms with Gasteiger partial charge in [0, 0.05) is 31.7 Å². The van der Waals surface area contributed by atoms with Gasteiger partial charge in [0.05, 0.1) is 12.7 Å². The van der Waals surface area contributed by atoms with Crippen molar-refractivity contribution in [2.75, 3.05) is 38.2 Å². The van der Waals surface area contributed by atoms with Crippen LogP contribution in [0.25, 0.3) is 0 Å². The molecular weight excluding hydrogens is 328 g/mol. The summed E-state index contributed by atoms with van der Waals surface area (Å²) >= 11 is 0. The highest BCUT2D eigenvalue weighted by Crippen LogP contribution is 2.33. The number of nitrogens with zero attached hydrogens (tertiary/aromatic N) is 1. The monoisotopic (exact) mass is 352 g/mol. The van der Waals surface area contributed by atoms with E-state index in [0.29, 0.717) is 12.0 Å². The van der Waals surface area contributed by atoms with Crippen molar-refractivity contribution in [2.24, 2.45) is 0 Å². The summed E-state index contributed by atoms with van der Waals surface area (Å²) in [5, 5.41) is 3.41. The van der Waals surface area contributed by atoms with E-state index in [-0.39, 0.29) is 12.1 Å². The van der Waals surface area contributed by atoms with Crippen LogP contribution in [0.1, 0.15) is 34.0 Å².